The number of nitrogens with zero attached hydrogens (tertiary/aromatic N) is 4. The number of hydrogen-bond donors (Lipinski definition) is 1. The summed E-state index contributed by atoms with van der Waals surface area (Å²) in [7, 11) is 0. The highest BCUT2D eigenvalue weighted by Crippen LogP contribution is 2.09. The van der Waals surface area contributed by atoms with Gasteiger partial charge in [0.15, 0.2) is 0 Å². The first-order chi connectivity index (χ1) is 12.1. The van der Waals surface area contributed by atoms with Crippen LogP contribution < -0.4 is 5.32 Å². The summed E-state index contributed by atoms with van der Waals surface area (Å²) < 4.78 is 16.4. The molecule has 3 aromatic rings. The fraction of sp³-hybridized carbons (Fsp3) is 0.278. The van der Waals surface area contributed by atoms with Gasteiger partial charge in [-0.25, -0.2) is 9.07 Å². The van der Waals surface area contributed by atoms with E-state index in [0.29, 0.717) is 12.2 Å². The van der Waals surface area contributed by atoms with E-state index in [1.807, 2.05) is 24.0 Å². The van der Waals surface area contributed by atoms with E-state index < -0.39 is 0 Å². The maximum atomic E-state index is 12.9. The first-order valence-electron chi connectivity index (χ1n) is 8.16. The minimum absolute atomic E-state index is 0.0685. The fourth-order valence-corrected chi connectivity index (χ4v) is 2.48. The second-order valence-corrected chi connectivity index (χ2v) is 5.89. The molecule has 0 atom stereocenters. The van der Waals surface area contributed by atoms with Gasteiger partial charge >= 0.3 is 0 Å². The van der Waals surface area contributed by atoms with E-state index in [1.54, 1.807) is 29.1 Å². The molecule has 0 aliphatic heterocycles. The molecular weight excluding hydrogens is 321 g/mol. The van der Waals surface area contributed by atoms with Crippen molar-refractivity contribution in [3.63, 3.8) is 0 Å². The largest absolute Gasteiger partial charge is 0.356 e. The van der Waals surface area contributed by atoms with Crippen molar-refractivity contribution in [3.05, 3.63) is 66.0 Å². The normalized spacial score (nSPS) is 10.8. The van der Waals surface area contributed by atoms with Gasteiger partial charge in [0.05, 0.1) is 24.0 Å². The third-order valence-corrected chi connectivity index (χ3v) is 3.73. The van der Waals surface area contributed by atoms with E-state index in [1.165, 1.54) is 12.1 Å². The van der Waals surface area contributed by atoms with E-state index in [4.69, 9.17) is 0 Å². The van der Waals surface area contributed by atoms with E-state index in [2.05, 4.69) is 15.5 Å². The Labute approximate surface area is 145 Å². The highest BCUT2D eigenvalue weighted by atomic mass is 19.1. The molecule has 1 aromatic carbocycles. The highest BCUT2D eigenvalue weighted by Gasteiger charge is 2.07. The Kier molecular flexibility index (Phi) is 5.23. The number of benzene rings is 1. The Hall–Kier alpha value is -2.96. The van der Waals surface area contributed by atoms with Crippen LogP contribution >= 0.6 is 0 Å². The van der Waals surface area contributed by atoms with E-state index in [0.717, 1.165) is 24.2 Å². The molecule has 0 unspecified atom stereocenters. The predicted molar refractivity (Wildman–Crippen MR) is 91.8 cm³/mol. The van der Waals surface area contributed by atoms with Crippen LogP contribution in [0.15, 0.2) is 48.9 Å². The molecule has 0 radical (unpaired) electrons. The molecule has 6 nitrogen and oxygen atoms in total. The Morgan fingerprint density at radius 3 is 2.76 bits per heavy atom. The van der Waals surface area contributed by atoms with E-state index in [9.17, 15) is 9.18 Å². The minimum Gasteiger partial charge on any atom is -0.356 e. The number of nitrogens with one attached hydrogen (secondary N) is 1. The van der Waals surface area contributed by atoms with Gasteiger partial charge in [-0.1, -0.05) is 0 Å². The van der Waals surface area contributed by atoms with Crippen LogP contribution in [0.1, 0.15) is 17.7 Å². The molecular formula is C18H20FN5O. The summed E-state index contributed by atoms with van der Waals surface area (Å²) in [4.78, 5) is 12.0. The lowest BCUT2D eigenvalue weighted by atomic mass is 10.3. The van der Waals surface area contributed by atoms with Crippen LogP contribution in [0.3, 0.4) is 0 Å². The standard InChI is InChI=1S/C18H20FN5O/c1-14-12-21-23(13-14)9-2-8-20-18(25)11-16-7-10-24(22-16)17-5-3-15(19)4-6-17/h3-7,10,12-13H,2,8-9,11H2,1H3,(H,20,25). The van der Waals surface area contributed by atoms with Crippen LogP contribution in [0.25, 0.3) is 5.69 Å². The molecule has 0 spiro atoms. The Morgan fingerprint density at radius 1 is 1.24 bits per heavy atom. The number of hydrogen-bond acceptors (Lipinski definition) is 3. The number of aryl methyl sites for hydroxylation is 2. The van der Waals surface area contributed by atoms with Gasteiger partial charge in [-0.2, -0.15) is 10.2 Å². The molecule has 25 heavy (non-hydrogen) atoms. The molecule has 0 aliphatic carbocycles. The van der Waals surface area contributed by atoms with Gasteiger partial charge in [0.2, 0.25) is 5.91 Å². The van der Waals surface area contributed by atoms with Crippen molar-refractivity contribution in [2.24, 2.45) is 0 Å². The molecule has 7 heteroatoms. The summed E-state index contributed by atoms with van der Waals surface area (Å²) in [6, 6.07) is 7.83. The van der Waals surface area contributed by atoms with Crippen molar-refractivity contribution >= 4 is 5.91 Å². The molecule has 0 aliphatic rings. The van der Waals surface area contributed by atoms with Crippen LogP contribution in [0.5, 0.6) is 0 Å². The minimum atomic E-state index is -0.291. The lowest BCUT2D eigenvalue weighted by Gasteiger charge is -2.04. The molecule has 1 amide bonds. The third-order valence-electron chi connectivity index (χ3n) is 3.73. The smallest absolute Gasteiger partial charge is 0.226 e. The van der Waals surface area contributed by atoms with E-state index in [-0.39, 0.29) is 18.1 Å². The highest BCUT2D eigenvalue weighted by molar-refractivity contribution is 5.78. The maximum absolute atomic E-state index is 12.9. The molecule has 1 N–H and O–H groups in total. The monoisotopic (exact) mass is 341 g/mol. The number of carbonyl (C=O) groups is 1. The zero-order chi connectivity index (χ0) is 17.6. The van der Waals surface area contributed by atoms with Gasteiger partial charge < -0.3 is 5.32 Å². The fourth-order valence-electron chi connectivity index (χ4n) is 2.48. The average molecular weight is 341 g/mol. The molecule has 0 saturated heterocycles. The summed E-state index contributed by atoms with van der Waals surface area (Å²) in [5.41, 5.74) is 2.55. The summed E-state index contributed by atoms with van der Waals surface area (Å²) in [6.45, 7) is 3.36. The van der Waals surface area contributed by atoms with Gasteiger partial charge in [-0.3, -0.25) is 9.48 Å². The number of amides is 1. The van der Waals surface area contributed by atoms with Crippen molar-refractivity contribution in [1.82, 2.24) is 24.9 Å². The summed E-state index contributed by atoms with van der Waals surface area (Å²) in [5, 5.41) is 11.4. The van der Waals surface area contributed by atoms with Crippen LogP contribution in [0, 0.1) is 12.7 Å². The molecule has 0 fully saturated rings. The van der Waals surface area contributed by atoms with Crippen LogP contribution in [0.2, 0.25) is 0 Å². The number of aromatic nitrogens is 4. The van der Waals surface area contributed by atoms with E-state index >= 15 is 0 Å². The SMILES string of the molecule is Cc1cnn(CCCNC(=O)Cc2ccn(-c3ccc(F)cc3)n2)c1. The lowest BCUT2D eigenvalue weighted by Crippen LogP contribution is -2.27. The second-order valence-electron chi connectivity index (χ2n) is 5.89. The van der Waals surface area contributed by atoms with Crippen molar-refractivity contribution < 1.29 is 9.18 Å². The summed E-state index contributed by atoms with van der Waals surface area (Å²) >= 11 is 0. The van der Waals surface area contributed by atoms with Crippen molar-refractivity contribution in [2.45, 2.75) is 26.3 Å². The van der Waals surface area contributed by atoms with Gasteiger partial charge in [0.1, 0.15) is 5.82 Å². The lowest BCUT2D eigenvalue weighted by molar-refractivity contribution is -0.120. The van der Waals surface area contributed by atoms with Crippen molar-refractivity contribution in [3.8, 4) is 5.69 Å². The first-order valence-corrected chi connectivity index (χ1v) is 8.16. The van der Waals surface area contributed by atoms with Gasteiger partial charge in [-0.15, -0.1) is 0 Å². The quantitative estimate of drug-likeness (QED) is 0.671. The molecule has 3 rings (SSSR count). The predicted octanol–water partition coefficient (Wildman–Crippen LogP) is 2.27. The molecule has 2 heterocycles. The van der Waals surface area contributed by atoms with Crippen LogP contribution in [-0.4, -0.2) is 32.0 Å². The summed E-state index contributed by atoms with van der Waals surface area (Å²) in [6.07, 6.45) is 6.59. The molecule has 2 aromatic heterocycles. The first kappa shape index (κ1) is 16.9. The third kappa shape index (κ3) is 4.76. The van der Waals surface area contributed by atoms with Gasteiger partial charge in [0.25, 0.3) is 0 Å². The number of halogens is 1. The van der Waals surface area contributed by atoms with Gasteiger partial charge in [-0.05, 0) is 49.2 Å². The zero-order valence-electron chi connectivity index (χ0n) is 14.0. The Balaban J connectivity index is 1.44. The molecule has 130 valence electrons. The van der Waals surface area contributed by atoms with Crippen molar-refractivity contribution in [2.75, 3.05) is 6.54 Å². The maximum Gasteiger partial charge on any atom is 0.226 e. The van der Waals surface area contributed by atoms with Crippen LogP contribution in [0.4, 0.5) is 4.39 Å². The Bertz CT molecular complexity index is 837. The zero-order valence-corrected chi connectivity index (χ0v) is 14.0. The number of carbonyl (C=O) groups excluding carboxylic acids is 1. The molecule has 0 bridgehead atoms. The van der Waals surface area contributed by atoms with Crippen molar-refractivity contribution in [1.29, 1.82) is 0 Å². The summed E-state index contributed by atoms with van der Waals surface area (Å²) in [5.74, 6) is -0.359. The second kappa shape index (κ2) is 7.74. The topological polar surface area (TPSA) is 64.7 Å². The van der Waals surface area contributed by atoms with Gasteiger partial charge in [0, 0.05) is 25.5 Å². The number of rotatable bonds is 7. The average Bonchev–Trinajstić information content (AvgIpc) is 3.21. The molecule has 0 saturated carbocycles. The Morgan fingerprint density at radius 2 is 2.04 bits per heavy atom. The van der Waals surface area contributed by atoms with Crippen LogP contribution in [-0.2, 0) is 17.8 Å².